The van der Waals surface area contributed by atoms with Crippen molar-refractivity contribution in [2.45, 2.75) is 17.3 Å². The lowest BCUT2D eigenvalue weighted by Crippen LogP contribution is -2.13. The van der Waals surface area contributed by atoms with Gasteiger partial charge >= 0.3 is 0 Å². The molecule has 0 aliphatic heterocycles. The molecule has 0 fully saturated rings. The number of methoxy groups -OCH3 is 1. The summed E-state index contributed by atoms with van der Waals surface area (Å²) >= 11 is 3.42. The SMILES string of the molecule is COCc1cccc(NC(=O)c2ccccc2SCc2cccs2)c1. The summed E-state index contributed by atoms with van der Waals surface area (Å²) in [5.41, 5.74) is 2.50. The van der Waals surface area contributed by atoms with Crippen molar-refractivity contribution in [3.63, 3.8) is 0 Å². The molecular weight excluding hydrogens is 350 g/mol. The number of hydrogen-bond donors (Lipinski definition) is 1. The van der Waals surface area contributed by atoms with E-state index in [9.17, 15) is 4.79 Å². The average molecular weight is 370 g/mol. The van der Waals surface area contributed by atoms with Gasteiger partial charge in [0.25, 0.3) is 5.91 Å². The van der Waals surface area contributed by atoms with Crippen molar-refractivity contribution in [1.29, 1.82) is 0 Å². The first-order valence-corrected chi connectivity index (χ1v) is 9.76. The van der Waals surface area contributed by atoms with Crippen molar-refractivity contribution in [3.05, 3.63) is 82.0 Å². The van der Waals surface area contributed by atoms with E-state index in [-0.39, 0.29) is 5.91 Å². The summed E-state index contributed by atoms with van der Waals surface area (Å²) in [5.74, 6) is 0.773. The molecule has 3 nitrogen and oxygen atoms in total. The predicted octanol–water partition coefficient (Wildman–Crippen LogP) is 5.44. The number of carbonyl (C=O) groups excluding carboxylic acids is 1. The van der Waals surface area contributed by atoms with Gasteiger partial charge in [0.05, 0.1) is 12.2 Å². The first-order chi connectivity index (χ1) is 12.3. The van der Waals surface area contributed by atoms with Gasteiger partial charge in [0, 0.05) is 28.3 Å². The van der Waals surface area contributed by atoms with Crippen LogP contribution < -0.4 is 5.32 Å². The quantitative estimate of drug-likeness (QED) is 0.564. The Morgan fingerprint density at radius 3 is 2.80 bits per heavy atom. The Labute approximate surface area is 156 Å². The number of carbonyl (C=O) groups is 1. The lowest BCUT2D eigenvalue weighted by molar-refractivity contribution is 0.102. The maximum absolute atomic E-state index is 12.7. The Morgan fingerprint density at radius 1 is 1.12 bits per heavy atom. The Kier molecular flexibility index (Phi) is 6.28. The van der Waals surface area contributed by atoms with Crippen molar-refractivity contribution in [3.8, 4) is 0 Å². The van der Waals surface area contributed by atoms with Crippen LogP contribution in [-0.2, 0) is 17.1 Å². The summed E-state index contributed by atoms with van der Waals surface area (Å²) in [4.78, 5) is 15.0. The molecule has 0 aliphatic carbocycles. The molecule has 0 saturated heterocycles. The highest BCUT2D eigenvalue weighted by molar-refractivity contribution is 7.98. The van der Waals surface area contributed by atoms with Crippen LogP contribution in [0.2, 0.25) is 0 Å². The molecule has 1 aromatic heterocycles. The number of thiophene rings is 1. The van der Waals surface area contributed by atoms with Crippen molar-refractivity contribution in [2.24, 2.45) is 0 Å². The van der Waals surface area contributed by atoms with Crippen molar-refractivity contribution in [1.82, 2.24) is 0 Å². The second-order valence-corrected chi connectivity index (χ2v) is 7.50. The van der Waals surface area contributed by atoms with E-state index in [1.54, 1.807) is 30.2 Å². The lowest BCUT2D eigenvalue weighted by atomic mass is 10.2. The number of ether oxygens (including phenoxy) is 1. The summed E-state index contributed by atoms with van der Waals surface area (Å²) in [7, 11) is 1.66. The van der Waals surface area contributed by atoms with Crippen LogP contribution in [0.15, 0.2) is 70.9 Å². The number of hydrogen-bond acceptors (Lipinski definition) is 4. The third-order valence-electron chi connectivity index (χ3n) is 3.58. The maximum Gasteiger partial charge on any atom is 0.256 e. The minimum absolute atomic E-state index is 0.0937. The van der Waals surface area contributed by atoms with Crippen molar-refractivity contribution < 1.29 is 9.53 Å². The number of rotatable bonds is 7. The van der Waals surface area contributed by atoms with Crippen LogP contribution in [0.3, 0.4) is 0 Å². The van der Waals surface area contributed by atoms with E-state index in [4.69, 9.17) is 4.74 Å². The number of anilines is 1. The summed E-state index contributed by atoms with van der Waals surface area (Å²) in [5, 5.41) is 5.06. The van der Waals surface area contributed by atoms with Crippen LogP contribution in [0.4, 0.5) is 5.69 Å². The molecule has 2 aromatic carbocycles. The number of amides is 1. The van der Waals surface area contributed by atoms with Crippen LogP contribution in [0.1, 0.15) is 20.8 Å². The minimum Gasteiger partial charge on any atom is -0.380 e. The van der Waals surface area contributed by atoms with E-state index in [0.29, 0.717) is 12.2 Å². The highest BCUT2D eigenvalue weighted by atomic mass is 32.2. The molecule has 1 heterocycles. The Hall–Kier alpha value is -2.08. The first-order valence-electron chi connectivity index (χ1n) is 7.89. The highest BCUT2D eigenvalue weighted by Crippen LogP contribution is 2.28. The van der Waals surface area contributed by atoms with Gasteiger partial charge in [0.1, 0.15) is 0 Å². The van der Waals surface area contributed by atoms with Gasteiger partial charge in [-0.3, -0.25) is 4.79 Å². The van der Waals surface area contributed by atoms with Crippen LogP contribution in [0.25, 0.3) is 0 Å². The normalized spacial score (nSPS) is 10.6. The molecule has 25 heavy (non-hydrogen) atoms. The molecule has 3 rings (SSSR count). The van der Waals surface area contributed by atoms with Gasteiger partial charge in [-0.05, 0) is 41.3 Å². The minimum atomic E-state index is -0.0937. The molecule has 0 aliphatic rings. The van der Waals surface area contributed by atoms with Gasteiger partial charge < -0.3 is 10.1 Å². The van der Waals surface area contributed by atoms with E-state index in [2.05, 4.69) is 16.8 Å². The lowest BCUT2D eigenvalue weighted by Gasteiger charge is -2.10. The van der Waals surface area contributed by atoms with Gasteiger partial charge in [-0.2, -0.15) is 0 Å². The van der Waals surface area contributed by atoms with Gasteiger partial charge in [0.15, 0.2) is 0 Å². The van der Waals surface area contributed by atoms with E-state index in [1.165, 1.54) is 4.88 Å². The smallest absolute Gasteiger partial charge is 0.256 e. The summed E-state index contributed by atoms with van der Waals surface area (Å²) in [6, 6.07) is 19.6. The second-order valence-electron chi connectivity index (χ2n) is 5.45. The fraction of sp³-hybridized carbons (Fsp3) is 0.150. The molecule has 1 N–H and O–H groups in total. The molecule has 128 valence electrons. The van der Waals surface area contributed by atoms with Gasteiger partial charge in [-0.25, -0.2) is 0 Å². The van der Waals surface area contributed by atoms with E-state index in [0.717, 1.165) is 21.9 Å². The van der Waals surface area contributed by atoms with Crippen molar-refractivity contribution >= 4 is 34.7 Å². The zero-order valence-electron chi connectivity index (χ0n) is 13.9. The zero-order valence-corrected chi connectivity index (χ0v) is 15.5. The van der Waals surface area contributed by atoms with Gasteiger partial charge in [-0.1, -0.05) is 30.3 Å². The first kappa shape index (κ1) is 17.7. The summed E-state index contributed by atoms with van der Waals surface area (Å²) < 4.78 is 5.14. The Bertz CT molecular complexity index is 831. The largest absolute Gasteiger partial charge is 0.380 e. The molecule has 0 atom stereocenters. The van der Waals surface area contributed by atoms with E-state index in [1.807, 2.05) is 54.6 Å². The summed E-state index contributed by atoms with van der Waals surface area (Å²) in [6.07, 6.45) is 0. The molecule has 5 heteroatoms. The molecule has 0 saturated carbocycles. The van der Waals surface area contributed by atoms with Crippen LogP contribution in [-0.4, -0.2) is 13.0 Å². The van der Waals surface area contributed by atoms with Gasteiger partial charge in [0.2, 0.25) is 0 Å². The molecule has 1 amide bonds. The zero-order chi connectivity index (χ0) is 17.5. The Balaban J connectivity index is 1.72. The third kappa shape index (κ3) is 4.95. The summed E-state index contributed by atoms with van der Waals surface area (Å²) in [6.45, 7) is 0.525. The van der Waals surface area contributed by atoms with Crippen LogP contribution in [0.5, 0.6) is 0 Å². The number of benzene rings is 2. The monoisotopic (exact) mass is 369 g/mol. The molecule has 3 aromatic rings. The fourth-order valence-electron chi connectivity index (χ4n) is 2.43. The van der Waals surface area contributed by atoms with Crippen LogP contribution in [0, 0.1) is 0 Å². The molecular formula is C20H19NO2S2. The van der Waals surface area contributed by atoms with E-state index < -0.39 is 0 Å². The van der Waals surface area contributed by atoms with Gasteiger partial charge in [-0.15, -0.1) is 23.1 Å². The number of thioether (sulfide) groups is 1. The fourth-order valence-corrected chi connectivity index (χ4v) is 4.25. The van der Waals surface area contributed by atoms with Crippen LogP contribution >= 0.6 is 23.1 Å². The Morgan fingerprint density at radius 2 is 2.00 bits per heavy atom. The molecule has 0 radical (unpaired) electrons. The maximum atomic E-state index is 12.7. The van der Waals surface area contributed by atoms with Crippen molar-refractivity contribution in [2.75, 3.05) is 12.4 Å². The molecule has 0 unspecified atom stereocenters. The average Bonchev–Trinajstić information content (AvgIpc) is 3.14. The topological polar surface area (TPSA) is 38.3 Å². The third-order valence-corrected chi connectivity index (χ3v) is 5.76. The van der Waals surface area contributed by atoms with E-state index >= 15 is 0 Å². The standard InChI is InChI=1S/C20H19NO2S2/c1-23-13-15-6-4-7-16(12-15)21-20(22)18-9-2-3-10-19(18)25-14-17-8-5-11-24-17/h2-12H,13-14H2,1H3,(H,21,22). The highest BCUT2D eigenvalue weighted by Gasteiger charge is 2.12. The number of nitrogens with one attached hydrogen (secondary N) is 1. The second kappa shape index (κ2) is 8.85. The molecule has 0 bridgehead atoms. The predicted molar refractivity (Wildman–Crippen MR) is 105 cm³/mol. The molecule has 0 spiro atoms.